The summed E-state index contributed by atoms with van der Waals surface area (Å²) >= 11 is 0. The summed E-state index contributed by atoms with van der Waals surface area (Å²) in [4.78, 5) is 4.45. The Morgan fingerprint density at radius 2 is 1.94 bits per heavy atom. The van der Waals surface area contributed by atoms with Crippen molar-refractivity contribution < 1.29 is 4.52 Å². The molecule has 1 heterocycles. The molecule has 0 fully saturated rings. The fourth-order valence-electron chi connectivity index (χ4n) is 1.76. The van der Waals surface area contributed by atoms with Crippen LogP contribution in [0.25, 0.3) is 0 Å². The fourth-order valence-corrected chi connectivity index (χ4v) is 1.76. The molecule has 104 valence electrons. The number of hydrogen-bond acceptors (Lipinski definition) is 4. The molecule has 1 rings (SSSR count). The van der Waals surface area contributed by atoms with E-state index in [1.165, 1.54) is 0 Å². The normalized spacial score (nSPS) is 14.2. The van der Waals surface area contributed by atoms with Crippen molar-refractivity contribution in [2.24, 2.45) is 5.41 Å². The predicted octanol–water partition coefficient (Wildman–Crippen LogP) is 3.15. The third-order valence-corrected chi connectivity index (χ3v) is 3.07. The zero-order valence-electron chi connectivity index (χ0n) is 12.6. The zero-order valence-corrected chi connectivity index (χ0v) is 12.6. The van der Waals surface area contributed by atoms with Crippen molar-refractivity contribution in [3.05, 3.63) is 11.7 Å². The predicted molar refractivity (Wildman–Crippen MR) is 73.6 cm³/mol. The molecule has 18 heavy (non-hydrogen) atoms. The quantitative estimate of drug-likeness (QED) is 0.846. The van der Waals surface area contributed by atoms with Crippen molar-refractivity contribution in [3.8, 4) is 0 Å². The van der Waals surface area contributed by atoms with E-state index < -0.39 is 0 Å². The number of nitrogens with one attached hydrogen (secondary N) is 1. The van der Waals surface area contributed by atoms with Crippen LogP contribution in [0, 0.1) is 5.41 Å². The number of rotatable bonds is 6. The second kappa shape index (κ2) is 6.32. The lowest BCUT2D eigenvalue weighted by atomic mass is 9.84. The van der Waals surface area contributed by atoms with Crippen LogP contribution in [0.5, 0.6) is 0 Å². The molecule has 1 unspecified atom stereocenters. The molecule has 0 aliphatic heterocycles. The van der Waals surface area contributed by atoms with Crippen LogP contribution in [-0.2, 0) is 6.42 Å². The van der Waals surface area contributed by atoms with Crippen molar-refractivity contribution in [1.29, 1.82) is 0 Å². The van der Waals surface area contributed by atoms with Gasteiger partial charge in [0.1, 0.15) is 0 Å². The maximum atomic E-state index is 5.33. The molecule has 0 spiro atoms. The Labute approximate surface area is 111 Å². The molecular formula is C14H27N3O. The van der Waals surface area contributed by atoms with Crippen molar-refractivity contribution >= 4 is 0 Å². The highest BCUT2D eigenvalue weighted by Crippen LogP contribution is 2.22. The van der Waals surface area contributed by atoms with E-state index in [1.54, 1.807) is 0 Å². The molecule has 4 heteroatoms. The van der Waals surface area contributed by atoms with E-state index in [0.717, 1.165) is 31.1 Å². The average molecular weight is 253 g/mol. The van der Waals surface area contributed by atoms with E-state index in [2.05, 4.69) is 57.0 Å². The molecule has 0 aliphatic carbocycles. The van der Waals surface area contributed by atoms with E-state index in [0.29, 0.717) is 12.0 Å². The molecule has 0 saturated heterocycles. The first-order chi connectivity index (χ1) is 8.34. The van der Waals surface area contributed by atoms with Crippen LogP contribution < -0.4 is 5.32 Å². The van der Waals surface area contributed by atoms with Crippen LogP contribution in [0.1, 0.15) is 65.6 Å². The maximum absolute atomic E-state index is 5.33. The van der Waals surface area contributed by atoms with Gasteiger partial charge >= 0.3 is 0 Å². The summed E-state index contributed by atoms with van der Waals surface area (Å²) in [6, 6.07) is 0.359. The molecule has 0 bridgehead atoms. The third-order valence-electron chi connectivity index (χ3n) is 3.07. The maximum Gasteiger partial charge on any atom is 0.228 e. The van der Waals surface area contributed by atoms with Crippen molar-refractivity contribution in [3.63, 3.8) is 0 Å². The summed E-state index contributed by atoms with van der Waals surface area (Å²) in [5.41, 5.74) is 0.182. The summed E-state index contributed by atoms with van der Waals surface area (Å²) in [6.07, 6.45) is 1.93. The summed E-state index contributed by atoms with van der Waals surface area (Å²) in [5.74, 6) is 1.86. The second-order valence-electron chi connectivity index (χ2n) is 6.28. The Bertz CT molecular complexity index is 352. The summed E-state index contributed by atoms with van der Waals surface area (Å²) in [5, 5.41) is 7.59. The molecule has 0 aromatic carbocycles. The van der Waals surface area contributed by atoms with E-state index in [4.69, 9.17) is 4.52 Å². The van der Waals surface area contributed by atoms with Gasteiger partial charge in [-0.1, -0.05) is 46.7 Å². The lowest BCUT2D eigenvalue weighted by molar-refractivity contribution is 0.244. The molecule has 4 nitrogen and oxygen atoms in total. The van der Waals surface area contributed by atoms with Crippen LogP contribution in [0.15, 0.2) is 4.52 Å². The van der Waals surface area contributed by atoms with Crippen LogP contribution in [-0.4, -0.2) is 22.7 Å². The summed E-state index contributed by atoms with van der Waals surface area (Å²) in [7, 11) is 0. The van der Waals surface area contributed by atoms with Gasteiger partial charge in [0, 0.05) is 18.4 Å². The lowest BCUT2D eigenvalue weighted by Gasteiger charge is -2.30. The number of aromatic nitrogens is 2. The molecule has 0 amide bonds. The smallest absolute Gasteiger partial charge is 0.228 e. The molecule has 0 saturated carbocycles. The molecule has 1 aromatic rings. The summed E-state index contributed by atoms with van der Waals surface area (Å²) in [6.45, 7) is 14.1. The van der Waals surface area contributed by atoms with Gasteiger partial charge in [-0.2, -0.15) is 4.98 Å². The van der Waals surface area contributed by atoms with Crippen LogP contribution in [0.4, 0.5) is 0 Å². The minimum atomic E-state index is 0.182. The topological polar surface area (TPSA) is 51.0 Å². The number of nitrogens with zero attached hydrogens (tertiary/aromatic N) is 2. The highest BCUT2D eigenvalue weighted by molar-refractivity contribution is 4.95. The second-order valence-corrected chi connectivity index (χ2v) is 6.28. The Balaban J connectivity index is 2.69. The van der Waals surface area contributed by atoms with Crippen LogP contribution in [0.2, 0.25) is 0 Å². The van der Waals surface area contributed by atoms with Gasteiger partial charge in [0.15, 0.2) is 5.82 Å². The standard InChI is InChI=1S/C14H27N3O/c1-7-8-15-11(14(4,5)6)9-12-16-13(10(2)3)17-18-12/h10-11,15H,7-9H2,1-6H3. The Hall–Kier alpha value is -0.900. The van der Waals surface area contributed by atoms with Crippen molar-refractivity contribution in [1.82, 2.24) is 15.5 Å². The summed E-state index contributed by atoms with van der Waals surface area (Å²) < 4.78 is 5.33. The fraction of sp³-hybridized carbons (Fsp3) is 0.857. The van der Waals surface area contributed by atoms with Gasteiger partial charge in [-0.05, 0) is 18.4 Å². The molecule has 1 aromatic heterocycles. The van der Waals surface area contributed by atoms with Gasteiger partial charge in [0.2, 0.25) is 5.89 Å². The first-order valence-corrected chi connectivity index (χ1v) is 6.90. The first kappa shape index (κ1) is 15.2. The minimum Gasteiger partial charge on any atom is -0.339 e. The molecular weight excluding hydrogens is 226 g/mol. The Morgan fingerprint density at radius 1 is 1.28 bits per heavy atom. The average Bonchev–Trinajstić information content (AvgIpc) is 2.71. The van der Waals surface area contributed by atoms with Gasteiger partial charge < -0.3 is 9.84 Å². The molecule has 0 radical (unpaired) electrons. The SMILES string of the molecule is CCCNC(Cc1nc(C(C)C)no1)C(C)(C)C. The Kier molecular flexibility index (Phi) is 5.32. The first-order valence-electron chi connectivity index (χ1n) is 6.90. The highest BCUT2D eigenvalue weighted by atomic mass is 16.5. The van der Waals surface area contributed by atoms with Gasteiger partial charge in [0.05, 0.1) is 0 Å². The zero-order chi connectivity index (χ0) is 13.8. The van der Waals surface area contributed by atoms with Crippen molar-refractivity contribution in [2.45, 2.75) is 66.3 Å². The van der Waals surface area contributed by atoms with Gasteiger partial charge in [-0.15, -0.1) is 0 Å². The van der Waals surface area contributed by atoms with E-state index in [1.807, 2.05) is 0 Å². The van der Waals surface area contributed by atoms with Gasteiger partial charge in [-0.3, -0.25) is 0 Å². The highest BCUT2D eigenvalue weighted by Gasteiger charge is 2.26. The number of hydrogen-bond donors (Lipinski definition) is 1. The van der Waals surface area contributed by atoms with Crippen LogP contribution >= 0.6 is 0 Å². The molecule has 1 N–H and O–H groups in total. The van der Waals surface area contributed by atoms with Crippen molar-refractivity contribution in [2.75, 3.05) is 6.54 Å². The monoisotopic (exact) mass is 253 g/mol. The van der Waals surface area contributed by atoms with E-state index in [-0.39, 0.29) is 5.41 Å². The van der Waals surface area contributed by atoms with Gasteiger partial charge in [0.25, 0.3) is 0 Å². The Morgan fingerprint density at radius 3 is 2.39 bits per heavy atom. The lowest BCUT2D eigenvalue weighted by Crippen LogP contribution is -2.42. The largest absolute Gasteiger partial charge is 0.339 e. The van der Waals surface area contributed by atoms with Crippen LogP contribution in [0.3, 0.4) is 0 Å². The van der Waals surface area contributed by atoms with E-state index in [9.17, 15) is 0 Å². The molecule has 0 aliphatic rings. The minimum absolute atomic E-state index is 0.182. The van der Waals surface area contributed by atoms with Gasteiger partial charge in [-0.25, -0.2) is 0 Å². The third kappa shape index (κ3) is 4.41. The van der Waals surface area contributed by atoms with E-state index >= 15 is 0 Å². The molecule has 1 atom stereocenters.